The van der Waals surface area contributed by atoms with Crippen LogP contribution in [0.15, 0.2) is 18.2 Å². The van der Waals surface area contributed by atoms with Crippen LogP contribution in [-0.2, 0) is 10.9 Å². The van der Waals surface area contributed by atoms with Crippen molar-refractivity contribution in [2.24, 2.45) is 0 Å². The van der Waals surface area contributed by atoms with E-state index < -0.39 is 33.4 Å². The summed E-state index contributed by atoms with van der Waals surface area (Å²) in [4.78, 5) is 0. The van der Waals surface area contributed by atoms with Gasteiger partial charge >= 0.3 is 6.18 Å². The number of hydrogen-bond donors (Lipinski definition) is 1. The summed E-state index contributed by atoms with van der Waals surface area (Å²) in [7, 11) is 0. The Labute approximate surface area is 127 Å². The Morgan fingerprint density at radius 2 is 1.75 bits per heavy atom. The topological polar surface area (TPSA) is 33.1 Å². The van der Waals surface area contributed by atoms with E-state index in [-0.39, 0.29) is 5.56 Å². The zero-order valence-corrected chi connectivity index (χ0v) is 12.1. The molecule has 0 aliphatic rings. The lowest BCUT2D eigenvalue weighted by Gasteiger charge is -2.20. The molecule has 1 aromatic carbocycles. The average molecular weight is 353 g/mol. The average Bonchev–Trinajstić information content (AvgIpc) is 2.25. The highest BCUT2D eigenvalue weighted by Crippen LogP contribution is 2.34. The number of rotatable bonds is 2. The van der Waals surface area contributed by atoms with E-state index in [4.69, 9.17) is 44.9 Å². The van der Waals surface area contributed by atoms with Crippen molar-refractivity contribution in [3.63, 3.8) is 0 Å². The van der Waals surface area contributed by atoms with Crippen LogP contribution >= 0.6 is 34.8 Å². The van der Waals surface area contributed by atoms with Gasteiger partial charge in [0.1, 0.15) is 11.9 Å². The number of halogens is 7. The van der Waals surface area contributed by atoms with E-state index in [9.17, 15) is 17.6 Å². The third kappa shape index (κ3) is 4.68. The molecular weight excluding hydrogens is 344 g/mol. The molecule has 1 atom stereocenters. The Hall–Kier alpha value is -0.720. The second-order valence-corrected chi connectivity index (χ2v) is 6.14. The molecule has 0 heterocycles. The van der Waals surface area contributed by atoms with Crippen molar-refractivity contribution >= 4 is 40.7 Å². The van der Waals surface area contributed by atoms with Gasteiger partial charge in [0.2, 0.25) is 5.90 Å². The van der Waals surface area contributed by atoms with Crippen LogP contribution in [0.2, 0.25) is 0 Å². The van der Waals surface area contributed by atoms with Gasteiger partial charge in [0.05, 0.1) is 5.56 Å². The summed E-state index contributed by atoms with van der Waals surface area (Å²) in [5, 5.41) is 7.32. The van der Waals surface area contributed by atoms with E-state index in [1.54, 1.807) is 0 Å². The van der Waals surface area contributed by atoms with Crippen LogP contribution in [0.1, 0.15) is 24.2 Å². The standard InChI is InChI=1S/C11H8Cl3F4NO/c1-5(20-9(19)10(12,13)14)6-2-7(11(16,17)18)4-8(15)3-6/h2-5,19H,1H3. The molecule has 0 aliphatic heterocycles. The smallest absolute Gasteiger partial charge is 0.416 e. The Kier molecular flexibility index (Phi) is 5.16. The van der Waals surface area contributed by atoms with Crippen LogP contribution in [0.3, 0.4) is 0 Å². The lowest BCUT2D eigenvalue weighted by Crippen LogP contribution is -2.22. The number of benzene rings is 1. The molecule has 0 spiro atoms. The first kappa shape index (κ1) is 17.3. The molecule has 0 radical (unpaired) electrons. The molecule has 112 valence electrons. The summed E-state index contributed by atoms with van der Waals surface area (Å²) in [6.07, 6.45) is -5.78. The van der Waals surface area contributed by atoms with E-state index in [1.807, 2.05) is 0 Å². The molecule has 1 unspecified atom stereocenters. The number of ether oxygens (including phenoxy) is 1. The van der Waals surface area contributed by atoms with Crippen LogP contribution in [0.25, 0.3) is 0 Å². The molecule has 0 amide bonds. The number of nitrogens with one attached hydrogen (secondary N) is 1. The molecule has 0 fully saturated rings. The van der Waals surface area contributed by atoms with Gasteiger partial charge in [-0.1, -0.05) is 34.8 Å². The Morgan fingerprint density at radius 3 is 2.20 bits per heavy atom. The zero-order chi connectivity index (χ0) is 15.7. The van der Waals surface area contributed by atoms with Crippen molar-refractivity contribution in [2.45, 2.75) is 23.0 Å². The van der Waals surface area contributed by atoms with Crippen molar-refractivity contribution < 1.29 is 22.3 Å². The SMILES string of the molecule is CC(OC(=N)C(Cl)(Cl)Cl)c1cc(F)cc(C(F)(F)F)c1. The highest BCUT2D eigenvalue weighted by Gasteiger charge is 2.33. The number of alkyl halides is 6. The zero-order valence-electron chi connectivity index (χ0n) is 9.86. The Bertz CT molecular complexity index is 513. The fraction of sp³-hybridized carbons (Fsp3) is 0.364. The molecule has 0 aromatic heterocycles. The minimum atomic E-state index is -4.70. The Balaban J connectivity index is 3.02. The maximum Gasteiger partial charge on any atom is 0.416 e. The maximum absolute atomic E-state index is 13.2. The fourth-order valence-corrected chi connectivity index (χ4v) is 1.46. The summed E-state index contributed by atoms with van der Waals surface area (Å²) in [5.74, 6) is -1.85. The Morgan fingerprint density at radius 1 is 1.20 bits per heavy atom. The quantitative estimate of drug-likeness (QED) is 0.334. The minimum absolute atomic E-state index is 0.128. The molecule has 0 bridgehead atoms. The highest BCUT2D eigenvalue weighted by molar-refractivity contribution is 6.76. The van der Waals surface area contributed by atoms with Crippen molar-refractivity contribution in [3.05, 3.63) is 35.1 Å². The van der Waals surface area contributed by atoms with Gasteiger partial charge < -0.3 is 4.74 Å². The van der Waals surface area contributed by atoms with Crippen molar-refractivity contribution in [1.82, 2.24) is 0 Å². The summed E-state index contributed by atoms with van der Waals surface area (Å²) < 4.78 is 53.6. The third-order valence-corrected chi connectivity index (χ3v) is 2.78. The molecule has 20 heavy (non-hydrogen) atoms. The van der Waals surface area contributed by atoms with Gasteiger partial charge in [0.15, 0.2) is 0 Å². The van der Waals surface area contributed by atoms with E-state index in [0.717, 1.165) is 6.07 Å². The summed E-state index contributed by atoms with van der Waals surface area (Å²) in [5.41, 5.74) is -1.29. The molecule has 0 saturated heterocycles. The van der Waals surface area contributed by atoms with Crippen LogP contribution < -0.4 is 0 Å². The van der Waals surface area contributed by atoms with Crippen molar-refractivity contribution in [3.8, 4) is 0 Å². The van der Waals surface area contributed by atoms with E-state index in [2.05, 4.69) is 0 Å². The summed E-state index contributed by atoms with van der Waals surface area (Å²) >= 11 is 16.1. The van der Waals surface area contributed by atoms with Gasteiger partial charge in [-0.3, -0.25) is 5.41 Å². The molecular formula is C11H8Cl3F4NO. The monoisotopic (exact) mass is 351 g/mol. The molecule has 1 aromatic rings. The summed E-state index contributed by atoms with van der Waals surface area (Å²) in [6, 6.07) is 1.92. The van der Waals surface area contributed by atoms with Crippen LogP contribution in [0.5, 0.6) is 0 Å². The maximum atomic E-state index is 13.2. The third-order valence-electron chi connectivity index (χ3n) is 2.27. The van der Waals surface area contributed by atoms with Crippen LogP contribution in [-0.4, -0.2) is 9.69 Å². The lowest BCUT2D eigenvalue weighted by molar-refractivity contribution is -0.137. The first-order valence-corrected chi connectivity index (χ1v) is 6.24. The van der Waals surface area contributed by atoms with Gasteiger partial charge in [-0.25, -0.2) is 4.39 Å². The predicted molar refractivity (Wildman–Crippen MR) is 68.9 cm³/mol. The van der Waals surface area contributed by atoms with Gasteiger partial charge in [-0.05, 0) is 30.7 Å². The first-order valence-electron chi connectivity index (χ1n) is 5.11. The molecule has 1 rings (SSSR count). The van der Waals surface area contributed by atoms with Crippen LogP contribution in [0, 0.1) is 11.2 Å². The highest BCUT2D eigenvalue weighted by atomic mass is 35.6. The minimum Gasteiger partial charge on any atom is -0.470 e. The number of hydrogen-bond acceptors (Lipinski definition) is 2. The van der Waals surface area contributed by atoms with Gasteiger partial charge in [-0.15, -0.1) is 0 Å². The molecule has 0 aliphatic carbocycles. The van der Waals surface area contributed by atoms with Gasteiger partial charge in [-0.2, -0.15) is 13.2 Å². The van der Waals surface area contributed by atoms with Crippen molar-refractivity contribution in [1.29, 1.82) is 5.41 Å². The second kappa shape index (κ2) is 5.95. The first-order chi connectivity index (χ1) is 8.91. The molecule has 0 saturated carbocycles. The van der Waals surface area contributed by atoms with E-state index in [0.29, 0.717) is 12.1 Å². The molecule has 9 heteroatoms. The van der Waals surface area contributed by atoms with Gasteiger partial charge in [0, 0.05) is 0 Å². The predicted octanol–water partition coefficient (Wildman–Crippen LogP) is 5.27. The van der Waals surface area contributed by atoms with Crippen LogP contribution in [0.4, 0.5) is 17.6 Å². The normalized spacial score (nSPS) is 14.0. The largest absolute Gasteiger partial charge is 0.470 e. The summed E-state index contributed by atoms with van der Waals surface area (Å²) in [6.45, 7) is 1.31. The van der Waals surface area contributed by atoms with Crippen molar-refractivity contribution in [2.75, 3.05) is 0 Å². The second-order valence-electron chi connectivity index (χ2n) is 3.86. The fourth-order valence-electron chi connectivity index (χ4n) is 1.32. The van der Waals surface area contributed by atoms with E-state index in [1.165, 1.54) is 6.92 Å². The van der Waals surface area contributed by atoms with Gasteiger partial charge in [0.25, 0.3) is 3.79 Å². The molecule has 1 N–H and O–H groups in total. The van der Waals surface area contributed by atoms with E-state index >= 15 is 0 Å². The lowest BCUT2D eigenvalue weighted by atomic mass is 10.1. The molecule has 2 nitrogen and oxygen atoms in total.